The highest BCUT2D eigenvalue weighted by Crippen LogP contribution is 2.20. The van der Waals surface area contributed by atoms with E-state index in [0.29, 0.717) is 12.6 Å². The van der Waals surface area contributed by atoms with Crippen LogP contribution in [0.3, 0.4) is 0 Å². The summed E-state index contributed by atoms with van der Waals surface area (Å²) in [6.45, 7) is 0.444. The molecule has 0 atom stereocenters. The van der Waals surface area contributed by atoms with Crippen LogP contribution >= 0.6 is 15.9 Å². The predicted octanol–water partition coefficient (Wildman–Crippen LogP) is 3.77. The molecule has 25 heavy (non-hydrogen) atoms. The molecule has 0 spiro atoms. The highest BCUT2D eigenvalue weighted by atomic mass is 79.9. The van der Waals surface area contributed by atoms with E-state index in [1.165, 1.54) is 12.4 Å². The predicted molar refractivity (Wildman–Crippen MR) is 92.6 cm³/mol. The van der Waals surface area contributed by atoms with E-state index in [1.807, 2.05) is 24.3 Å². The molecular formula is C16H12BrF2N3O2S. The summed E-state index contributed by atoms with van der Waals surface area (Å²) < 4.78 is 55.8. The van der Waals surface area contributed by atoms with E-state index in [-0.39, 0.29) is 5.69 Å². The van der Waals surface area contributed by atoms with Gasteiger partial charge < -0.3 is 0 Å². The Morgan fingerprint density at radius 1 is 1.12 bits per heavy atom. The zero-order valence-electron chi connectivity index (χ0n) is 12.7. The first-order valence-electron chi connectivity index (χ1n) is 7.08. The average molecular weight is 428 g/mol. The largest absolute Gasteiger partial charge is 0.276 e. The van der Waals surface area contributed by atoms with Crippen LogP contribution in [0.15, 0.2) is 64.2 Å². The summed E-state index contributed by atoms with van der Waals surface area (Å²) >= 11 is 3.35. The topological polar surface area (TPSA) is 64.0 Å². The maximum absolute atomic E-state index is 13.7. The molecule has 2 aromatic carbocycles. The first-order valence-corrected chi connectivity index (χ1v) is 9.36. The van der Waals surface area contributed by atoms with Gasteiger partial charge in [-0.05, 0) is 29.8 Å². The summed E-state index contributed by atoms with van der Waals surface area (Å²) in [6.07, 6.45) is 2.80. The van der Waals surface area contributed by atoms with Crippen molar-refractivity contribution >= 4 is 31.6 Å². The summed E-state index contributed by atoms with van der Waals surface area (Å²) in [6, 6.07) is 9.87. The monoisotopic (exact) mass is 427 g/mol. The van der Waals surface area contributed by atoms with Crippen molar-refractivity contribution in [3.05, 3.63) is 76.5 Å². The first kappa shape index (κ1) is 17.6. The van der Waals surface area contributed by atoms with E-state index < -0.39 is 26.6 Å². The van der Waals surface area contributed by atoms with Gasteiger partial charge in [0.2, 0.25) is 0 Å². The van der Waals surface area contributed by atoms with Crippen LogP contribution in [0.2, 0.25) is 0 Å². The van der Waals surface area contributed by atoms with Crippen LogP contribution in [0.5, 0.6) is 0 Å². The molecular weight excluding hydrogens is 416 g/mol. The Morgan fingerprint density at radius 3 is 2.52 bits per heavy atom. The molecule has 130 valence electrons. The molecule has 0 amide bonds. The molecule has 0 radical (unpaired) electrons. The van der Waals surface area contributed by atoms with Crippen LogP contribution in [0, 0.1) is 11.6 Å². The Kier molecular flexibility index (Phi) is 4.87. The lowest BCUT2D eigenvalue weighted by Gasteiger charge is -2.07. The lowest BCUT2D eigenvalue weighted by Crippen LogP contribution is -2.14. The summed E-state index contributed by atoms with van der Waals surface area (Å²) in [5, 5.41) is 4.07. The summed E-state index contributed by atoms with van der Waals surface area (Å²) in [5.74, 6) is -2.01. The van der Waals surface area contributed by atoms with Crippen LogP contribution in [0.25, 0.3) is 0 Å². The molecule has 5 nitrogen and oxygen atoms in total. The zero-order valence-corrected chi connectivity index (χ0v) is 15.1. The summed E-state index contributed by atoms with van der Waals surface area (Å²) in [4.78, 5) is -0.630. The Balaban J connectivity index is 1.77. The van der Waals surface area contributed by atoms with E-state index >= 15 is 0 Å². The molecule has 0 aliphatic rings. The van der Waals surface area contributed by atoms with Crippen molar-refractivity contribution in [2.24, 2.45) is 0 Å². The number of hydrogen-bond acceptors (Lipinski definition) is 3. The summed E-state index contributed by atoms with van der Waals surface area (Å²) in [5.41, 5.74) is 1.16. The van der Waals surface area contributed by atoms with Crippen molar-refractivity contribution in [2.45, 2.75) is 11.4 Å². The second-order valence-electron chi connectivity index (χ2n) is 5.23. The van der Waals surface area contributed by atoms with Crippen LogP contribution in [0.4, 0.5) is 14.5 Å². The lowest BCUT2D eigenvalue weighted by atomic mass is 10.2. The number of benzene rings is 2. The number of rotatable bonds is 5. The number of aromatic nitrogens is 2. The highest BCUT2D eigenvalue weighted by molar-refractivity contribution is 9.10. The van der Waals surface area contributed by atoms with Crippen molar-refractivity contribution in [2.75, 3.05) is 4.72 Å². The third-order valence-corrected chi connectivity index (χ3v) is 5.27. The molecule has 0 aliphatic carbocycles. The van der Waals surface area contributed by atoms with Crippen molar-refractivity contribution in [3.63, 3.8) is 0 Å². The van der Waals surface area contributed by atoms with Crippen molar-refractivity contribution in [1.82, 2.24) is 9.78 Å². The standard InChI is InChI=1S/C16H12BrF2N3O2S/c17-12-3-1-11(2-4-12)9-22-10-14(8-20-22)21-25(23,24)16-6-5-13(18)7-15(16)19/h1-8,10,21H,9H2. The minimum absolute atomic E-state index is 0.181. The van der Waals surface area contributed by atoms with E-state index in [4.69, 9.17) is 0 Å². The number of anilines is 1. The van der Waals surface area contributed by atoms with Gasteiger partial charge in [-0.25, -0.2) is 17.2 Å². The van der Waals surface area contributed by atoms with E-state index in [2.05, 4.69) is 25.8 Å². The third kappa shape index (κ3) is 4.23. The smallest absolute Gasteiger partial charge is 0.264 e. The number of sulfonamides is 1. The zero-order chi connectivity index (χ0) is 18.0. The van der Waals surface area contributed by atoms with Crippen LogP contribution in [-0.4, -0.2) is 18.2 Å². The fraction of sp³-hybridized carbons (Fsp3) is 0.0625. The maximum Gasteiger partial charge on any atom is 0.264 e. The third-order valence-electron chi connectivity index (χ3n) is 3.33. The molecule has 1 N–H and O–H groups in total. The molecule has 9 heteroatoms. The van der Waals surface area contributed by atoms with Gasteiger partial charge in [-0.1, -0.05) is 28.1 Å². The Bertz CT molecular complexity index is 1000. The second-order valence-corrected chi connectivity index (χ2v) is 7.80. The fourth-order valence-corrected chi connectivity index (χ4v) is 3.54. The molecule has 1 heterocycles. The van der Waals surface area contributed by atoms with E-state index in [9.17, 15) is 17.2 Å². The second kappa shape index (κ2) is 6.93. The SMILES string of the molecule is O=S(=O)(Nc1cnn(Cc2ccc(Br)cc2)c1)c1ccc(F)cc1F. The maximum atomic E-state index is 13.7. The quantitative estimate of drug-likeness (QED) is 0.673. The number of nitrogens with zero attached hydrogens (tertiary/aromatic N) is 2. The first-order chi connectivity index (χ1) is 11.8. The van der Waals surface area contributed by atoms with Crippen molar-refractivity contribution in [1.29, 1.82) is 0 Å². The van der Waals surface area contributed by atoms with Gasteiger partial charge in [0.1, 0.15) is 16.5 Å². The molecule has 0 fully saturated rings. The average Bonchev–Trinajstić information content (AvgIpc) is 2.95. The van der Waals surface area contributed by atoms with Gasteiger partial charge in [-0.3, -0.25) is 9.40 Å². The molecule has 0 aliphatic heterocycles. The minimum Gasteiger partial charge on any atom is -0.276 e. The van der Waals surface area contributed by atoms with Gasteiger partial charge in [0.15, 0.2) is 0 Å². The van der Waals surface area contributed by atoms with Gasteiger partial charge in [-0.2, -0.15) is 5.10 Å². The van der Waals surface area contributed by atoms with Gasteiger partial charge in [-0.15, -0.1) is 0 Å². The highest BCUT2D eigenvalue weighted by Gasteiger charge is 2.20. The molecule has 0 saturated heterocycles. The van der Waals surface area contributed by atoms with Crippen molar-refractivity contribution in [3.8, 4) is 0 Å². The summed E-state index contributed by atoms with van der Waals surface area (Å²) in [7, 11) is -4.18. The van der Waals surface area contributed by atoms with Gasteiger partial charge in [0.05, 0.1) is 18.4 Å². The van der Waals surface area contributed by atoms with E-state index in [0.717, 1.165) is 22.2 Å². The number of nitrogens with one attached hydrogen (secondary N) is 1. The Labute approximate surface area is 151 Å². The normalized spacial score (nSPS) is 11.5. The van der Waals surface area contributed by atoms with Gasteiger partial charge >= 0.3 is 0 Å². The van der Waals surface area contributed by atoms with Crippen molar-refractivity contribution < 1.29 is 17.2 Å². The molecule has 0 bridgehead atoms. The molecule has 1 aromatic heterocycles. The molecule has 0 saturated carbocycles. The molecule has 0 unspecified atom stereocenters. The Morgan fingerprint density at radius 2 is 1.84 bits per heavy atom. The lowest BCUT2D eigenvalue weighted by molar-refractivity contribution is 0.551. The van der Waals surface area contributed by atoms with Gasteiger partial charge in [0.25, 0.3) is 10.0 Å². The van der Waals surface area contributed by atoms with Crippen LogP contribution in [-0.2, 0) is 16.6 Å². The van der Waals surface area contributed by atoms with Gasteiger partial charge in [0, 0.05) is 16.7 Å². The van der Waals surface area contributed by atoms with E-state index in [1.54, 1.807) is 4.68 Å². The number of hydrogen-bond donors (Lipinski definition) is 1. The van der Waals surface area contributed by atoms with Crippen LogP contribution < -0.4 is 4.72 Å². The molecule has 3 rings (SSSR count). The fourth-order valence-electron chi connectivity index (χ4n) is 2.18. The van der Waals surface area contributed by atoms with Crippen LogP contribution in [0.1, 0.15) is 5.56 Å². The minimum atomic E-state index is -4.18. The Hall–Kier alpha value is -2.26. The molecule has 3 aromatic rings. The number of halogens is 3.